The van der Waals surface area contributed by atoms with Crippen molar-refractivity contribution >= 4 is 48.7 Å². The van der Waals surface area contributed by atoms with Gasteiger partial charge in [-0.1, -0.05) is 32.9 Å². The molecule has 16 nitrogen and oxygen atoms in total. The van der Waals surface area contributed by atoms with E-state index in [0.29, 0.717) is 57.2 Å². The fourth-order valence-electron chi connectivity index (χ4n) is 5.28. The number of carbonyl (C=O) groups is 2. The molecule has 0 saturated heterocycles. The number of amides is 2. The van der Waals surface area contributed by atoms with Gasteiger partial charge in [-0.25, -0.2) is 18.4 Å². The lowest BCUT2D eigenvalue weighted by molar-refractivity contribution is 0.101. The van der Waals surface area contributed by atoms with Crippen LogP contribution in [0, 0.1) is 6.92 Å². The van der Waals surface area contributed by atoms with E-state index in [4.69, 9.17) is 0 Å². The normalized spacial score (nSPS) is 12.8. The Morgan fingerprint density at radius 1 is 0.712 bits per heavy atom. The van der Waals surface area contributed by atoms with Gasteiger partial charge in [0, 0.05) is 41.8 Å². The molecular weight excluding hydrogens is 791 g/mol. The number of sulfone groups is 1. The highest BCUT2D eigenvalue weighted by molar-refractivity contribution is 7.99. The maximum absolute atomic E-state index is 12.9. The molecular formula is C41H49N11O5S2. The minimum absolute atomic E-state index is 0.128. The maximum Gasteiger partial charge on any atom is 0.279 e. The van der Waals surface area contributed by atoms with Gasteiger partial charge in [-0.05, 0) is 105 Å². The van der Waals surface area contributed by atoms with Crippen LogP contribution in [-0.4, -0.2) is 87.5 Å². The second-order valence-corrected chi connectivity index (χ2v) is 20.3. The van der Waals surface area contributed by atoms with E-state index in [1.165, 1.54) is 17.1 Å². The van der Waals surface area contributed by atoms with Crippen molar-refractivity contribution in [3.05, 3.63) is 102 Å². The lowest BCUT2D eigenvalue weighted by Crippen LogP contribution is -2.25. The highest BCUT2D eigenvalue weighted by atomic mass is 32.2. The van der Waals surface area contributed by atoms with Crippen LogP contribution in [0.15, 0.2) is 88.9 Å². The molecule has 0 fully saturated rings. The first kappa shape index (κ1) is 44.0. The number of rotatable bonds is 9. The van der Waals surface area contributed by atoms with Gasteiger partial charge in [0.1, 0.15) is 17.3 Å². The topological polar surface area (TPSA) is 210 Å². The largest absolute Gasteiger partial charge is 0.305 e. The number of hydrogen-bond acceptors (Lipinski definition) is 12. The van der Waals surface area contributed by atoms with E-state index in [1.54, 1.807) is 78.7 Å². The van der Waals surface area contributed by atoms with Crippen LogP contribution in [-0.2, 0) is 36.9 Å². The molecule has 0 aliphatic heterocycles. The summed E-state index contributed by atoms with van der Waals surface area (Å²) in [5, 5.41) is 18.7. The molecule has 59 heavy (non-hydrogen) atoms. The Morgan fingerprint density at radius 3 is 1.66 bits per heavy atom. The average Bonchev–Trinajstić information content (AvgIpc) is 3.80. The summed E-state index contributed by atoms with van der Waals surface area (Å²) in [6.45, 7) is 16.3. The van der Waals surface area contributed by atoms with E-state index in [1.807, 2.05) is 33.8 Å². The first-order chi connectivity index (χ1) is 27.4. The number of nitrogens with one attached hydrogen (secondary N) is 2. The summed E-state index contributed by atoms with van der Waals surface area (Å²) in [6.07, 6.45) is 5.53. The third-order valence-corrected chi connectivity index (χ3v) is 10.9. The Hall–Kier alpha value is -6.14. The van der Waals surface area contributed by atoms with E-state index in [9.17, 15) is 22.2 Å². The van der Waals surface area contributed by atoms with Crippen molar-refractivity contribution in [3.8, 4) is 22.8 Å². The Kier molecular flexibility index (Phi) is 12.7. The number of hydrogen-bond donors (Lipinski definition) is 2. The fourth-order valence-corrected chi connectivity index (χ4v) is 6.47. The summed E-state index contributed by atoms with van der Waals surface area (Å²) in [4.78, 5) is 45.1. The molecule has 2 N–H and O–H groups in total. The third kappa shape index (κ3) is 11.1. The zero-order valence-corrected chi connectivity index (χ0v) is 36.4. The molecule has 1 unspecified atom stereocenters. The zero-order valence-electron chi connectivity index (χ0n) is 34.8. The molecule has 310 valence electrons. The molecule has 2 amide bonds. The molecule has 18 heteroatoms. The zero-order chi connectivity index (χ0) is 43.5. The minimum Gasteiger partial charge on any atom is -0.305 e. The molecule has 6 aromatic heterocycles. The molecule has 0 aliphatic rings. The van der Waals surface area contributed by atoms with E-state index in [-0.39, 0.29) is 27.5 Å². The van der Waals surface area contributed by atoms with Gasteiger partial charge in [-0.3, -0.25) is 28.4 Å². The number of carbonyl (C=O) groups excluding carboxylic acids is 2. The minimum atomic E-state index is -3.32. The van der Waals surface area contributed by atoms with Crippen molar-refractivity contribution in [2.75, 3.05) is 23.1 Å². The van der Waals surface area contributed by atoms with Gasteiger partial charge >= 0.3 is 0 Å². The van der Waals surface area contributed by atoms with E-state index < -0.39 is 25.3 Å². The monoisotopic (exact) mass is 839 g/mol. The summed E-state index contributed by atoms with van der Waals surface area (Å²) in [5.41, 5.74) is 3.81. The van der Waals surface area contributed by atoms with Crippen LogP contribution < -0.4 is 10.6 Å². The van der Waals surface area contributed by atoms with E-state index >= 15 is 0 Å². The van der Waals surface area contributed by atoms with Gasteiger partial charge in [0.05, 0.1) is 44.6 Å². The van der Waals surface area contributed by atoms with Gasteiger partial charge in [-0.15, -0.1) is 5.10 Å². The summed E-state index contributed by atoms with van der Waals surface area (Å²) >= 11 is 0. The first-order valence-electron chi connectivity index (χ1n) is 18.5. The number of aryl methyl sites for hydroxylation is 2. The highest BCUT2D eigenvalue weighted by Crippen LogP contribution is 2.24. The lowest BCUT2D eigenvalue weighted by Gasteiger charge is -2.16. The maximum atomic E-state index is 12.9. The molecule has 6 rings (SSSR count). The third-order valence-electron chi connectivity index (χ3n) is 8.58. The van der Waals surface area contributed by atoms with E-state index in [2.05, 4.69) is 72.5 Å². The molecule has 6 heterocycles. The SMILES string of the molecule is C=S(C)(=O)c1ccc(-c2cccc(NC(=O)c3cc(C(C)(C)C)nn3CC)n2)nc1.Cc1nn(C(C)(C)C)nc1C(=O)Nc1cccc(-c2ccc(S(C)(=O)=O)cn2)n1. The number of anilines is 2. The standard InChI is InChI=1S/C22H27N5O2S.C19H22N6O3S/c1-7-27-18(13-19(26-27)22(2,3)4)21(28)25-20-10-8-9-17(24-20)16-12-11-15(14-23-16)30(5,6)29;1-12-17(24-25(23-12)19(2,3)4)18(26)22-16-8-6-7-15(21-16)14-10-9-13(11-20-14)29(5,27)28/h8-14H,5,7H2,1-4,6H3,(H,24,25,28);6-11H,1-5H3,(H,21,22,26). The molecule has 0 saturated carbocycles. The molecule has 6 aromatic rings. The van der Waals surface area contributed by atoms with E-state index in [0.717, 1.165) is 11.9 Å². The summed E-state index contributed by atoms with van der Waals surface area (Å²) in [7, 11) is -5.64. The number of nitrogens with zero attached hydrogens (tertiary/aromatic N) is 9. The van der Waals surface area contributed by atoms with Crippen molar-refractivity contribution in [1.29, 1.82) is 0 Å². The molecule has 0 bridgehead atoms. The van der Waals surface area contributed by atoms with Crippen molar-refractivity contribution < 1.29 is 22.2 Å². The Balaban J connectivity index is 0.000000224. The smallest absolute Gasteiger partial charge is 0.279 e. The predicted molar refractivity (Wildman–Crippen MR) is 230 cm³/mol. The second kappa shape index (κ2) is 17.0. The summed E-state index contributed by atoms with van der Waals surface area (Å²) < 4.78 is 36.9. The summed E-state index contributed by atoms with van der Waals surface area (Å²) in [5.74, 6) is 3.73. The van der Waals surface area contributed by atoms with Crippen LogP contribution in [0.4, 0.5) is 11.6 Å². The Morgan fingerprint density at radius 2 is 1.24 bits per heavy atom. The Labute approximate surface area is 344 Å². The Bertz CT molecular complexity index is 2710. The van der Waals surface area contributed by atoms with Gasteiger partial charge in [-0.2, -0.15) is 15.0 Å². The van der Waals surface area contributed by atoms with Gasteiger partial charge < -0.3 is 10.6 Å². The van der Waals surface area contributed by atoms with Crippen LogP contribution in [0.3, 0.4) is 0 Å². The highest BCUT2D eigenvalue weighted by Gasteiger charge is 2.24. The van der Waals surface area contributed by atoms with Crippen LogP contribution in [0.1, 0.15) is 80.8 Å². The van der Waals surface area contributed by atoms with Gasteiger partial charge in [0.15, 0.2) is 15.5 Å². The molecule has 1 atom stereocenters. The molecule has 0 spiro atoms. The van der Waals surface area contributed by atoms with Crippen LogP contribution in [0.25, 0.3) is 22.8 Å². The van der Waals surface area contributed by atoms with Gasteiger partial charge in [0.2, 0.25) is 0 Å². The quantitative estimate of drug-likeness (QED) is 0.159. The van der Waals surface area contributed by atoms with Crippen molar-refractivity contribution in [3.63, 3.8) is 0 Å². The van der Waals surface area contributed by atoms with Crippen molar-refractivity contribution in [2.45, 2.75) is 82.7 Å². The first-order valence-corrected chi connectivity index (χ1v) is 22.5. The van der Waals surface area contributed by atoms with Gasteiger partial charge in [0.25, 0.3) is 11.8 Å². The lowest BCUT2D eigenvalue weighted by atomic mass is 9.92. The molecule has 0 radical (unpaired) electrons. The summed E-state index contributed by atoms with van der Waals surface area (Å²) in [6, 6.07) is 18.8. The second-order valence-electron chi connectivity index (χ2n) is 15.8. The molecule has 0 aliphatic carbocycles. The van der Waals surface area contributed by atoms with Crippen LogP contribution >= 0.6 is 0 Å². The van der Waals surface area contributed by atoms with Crippen LogP contribution in [0.5, 0.6) is 0 Å². The number of pyridine rings is 4. The number of aromatic nitrogens is 9. The van der Waals surface area contributed by atoms with Crippen molar-refractivity contribution in [1.82, 2.24) is 44.7 Å². The molecule has 0 aromatic carbocycles. The van der Waals surface area contributed by atoms with Crippen LogP contribution in [0.2, 0.25) is 0 Å². The average molecular weight is 840 g/mol. The van der Waals surface area contributed by atoms with Crippen molar-refractivity contribution in [2.24, 2.45) is 0 Å². The fraction of sp³-hybridized carbons (Fsp3) is 0.317. The predicted octanol–water partition coefficient (Wildman–Crippen LogP) is 6.07.